The molecule has 0 saturated heterocycles. The van der Waals surface area contributed by atoms with E-state index in [-0.39, 0.29) is 12.0 Å². The van der Waals surface area contributed by atoms with Crippen molar-refractivity contribution in [2.45, 2.75) is 13.0 Å². The van der Waals surface area contributed by atoms with Crippen molar-refractivity contribution in [1.29, 1.82) is 0 Å². The van der Waals surface area contributed by atoms with E-state index in [0.717, 1.165) is 0 Å². The van der Waals surface area contributed by atoms with Gasteiger partial charge in [-0.1, -0.05) is 0 Å². The minimum atomic E-state index is -0.374. The van der Waals surface area contributed by atoms with E-state index in [2.05, 4.69) is 25.8 Å². The fourth-order valence-electron chi connectivity index (χ4n) is 0.809. The molecule has 0 spiro atoms. The third-order valence-electron chi connectivity index (χ3n) is 1.51. The van der Waals surface area contributed by atoms with Gasteiger partial charge in [-0.05, 0) is 28.9 Å². The lowest BCUT2D eigenvalue weighted by Gasteiger charge is -2.08. The Balaban J connectivity index is 2.77. The fourth-order valence-corrected chi connectivity index (χ4v) is 1.11. The highest BCUT2D eigenvalue weighted by Gasteiger charge is 2.15. The molecule has 0 aromatic carbocycles. The molecule has 0 amide bonds. The number of hydrogen-bond donors (Lipinski definition) is 0. The molecule has 1 aromatic heterocycles. The van der Waals surface area contributed by atoms with E-state index in [1.807, 2.05) is 0 Å². The van der Waals surface area contributed by atoms with E-state index in [4.69, 9.17) is 0 Å². The molecule has 12 heavy (non-hydrogen) atoms. The second-order valence-electron chi connectivity index (χ2n) is 2.32. The monoisotopic (exact) mass is 232 g/mol. The maximum atomic E-state index is 11.0. The first-order chi connectivity index (χ1) is 5.65. The zero-order chi connectivity index (χ0) is 9.14. The van der Waals surface area contributed by atoms with Gasteiger partial charge in [0.05, 0.1) is 7.11 Å². The Bertz CT molecular complexity index is 285. The number of halogens is 1. The van der Waals surface area contributed by atoms with Crippen LogP contribution >= 0.6 is 15.9 Å². The summed E-state index contributed by atoms with van der Waals surface area (Å²) in [7, 11) is 1.36. The zero-order valence-corrected chi connectivity index (χ0v) is 8.41. The predicted octanol–water partition coefficient (Wildman–Crippen LogP) is 1.38. The molecule has 0 unspecified atom stereocenters. The molecular weight excluding hydrogens is 224 g/mol. The Hall–Kier alpha value is -0.840. The van der Waals surface area contributed by atoms with Crippen molar-refractivity contribution in [1.82, 2.24) is 9.78 Å². The predicted molar refractivity (Wildman–Crippen MR) is 46.7 cm³/mol. The fraction of sp³-hybridized carbons (Fsp3) is 0.429. The van der Waals surface area contributed by atoms with Gasteiger partial charge in [-0.25, -0.2) is 4.79 Å². The SMILES string of the molecule is COC(=O)[C@@H](C)n1ccc(Br)n1. The molecule has 1 atom stereocenters. The number of methoxy groups -OCH3 is 1. The summed E-state index contributed by atoms with van der Waals surface area (Å²) in [6.07, 6.45) is 1.71. The Morgan fingerprint density at radius 3 is 2.92 bits per heavy atom. The van der Waals surface area contributed by atoms with Gasteiger partial charge >= 0.3 is 5.97 Å². The van der Waals surface area contributed by atoms with E-state index in [1.165, 1.54) is 11.8 Å². The van der Waals surface area contributed by atoms with E-state index < -0.39 is 0 Å². The van der Waals surface area contributed by atoms with Crippen LogP contribution in [0.25, 0.3) is 0 Å². The van der Waals surface area contributed by atoms with Crippen LogP contribution in [0.1, 0.15) is 13.0 Å². The van der Waals surface area contributed by atoms with Gasteiger partial charge in [-0.3, -0.25) is 4.68 Å². The van der Waals surface area contributed by atoms with Crippen molar-refractivity contribution in [3.8, 4) is 0 Å². The van der Waals surface area contributed by atoms with Gasteiger partial charge in [0.15, 0.2) is 0 Å². The van der Waals surface area contributed by atoms with Gasteiger partial charge in [-0.15, -0.1) is 0 Å². The summed E-state index contributed by atoms with van der Waals surface area (Å²) < 4.78 is 6.80. The van der Waals surface area contributed by atoms with Crippen LogP contribution in [0.4, 0.5) is 0 Å². The second kappa shape index (κ2) is 3.71. The van der Waals surface area contributed by atoms with Crippen LogP contribution in [0.15, 0.2) is 16.9 Å². The number of esters is 1. The third kappa shape index (κ3) is 1.85. The molecule has 0 N–H and O–H groups in total. The normalized spacial score (nSPS) is 12.6. The standard InChI is InChI=1S/C7H9BrN2O2/c1-5(7(11)12-2)10-4-3-6(8)9-10/h3-5H,1-2H3/t5-/m1/s1. The first-order valence-electron chi connectivity index (χ1n) is 3.43. The summed E-state index contributed by atoms with van der Waals surface area (Å²) in [6, 6.07) is 1.39. The van der Waals surface area contributed by atoms with E-state index >= 15 is 0 Å². The summed E-state index contributed by atoms with van der Waals surface area (Å²) in [6.45, 7) is 1.73. The van der Waals surface area contributed by atoms with Crippen molar-refractivity contribution >= 4 is 21.9 Å². The van der Waals surface area contributed by atoms with Crippen LogP contribution < -0.4 is 0 Å². The molecule has 66 valence electrons. The van der Waals surface area contributed by atoms with Crippen LogP contribution in [-0.4, -0.2) is 22.9 Å². The molecule has 0 aliphatic rings. The third-order valence-corrected chi connectivity index (χ3v) is 1.94. The largest absolute Gasteiger partial charge is 0.467 e. The Kier molecular flexibility index (Phi) is 2.86. The van der Waals surface area contributed by atoms with Gasteiger partial charge in [0.2, 0.25) is 0 Å². The highest BCUT2D eigenvalue weighted by Crippen LogP contribution is 2.10. The van der Waals surface area contributed by atoms with E-state index in [9.17, 15) is 4.79 Å². The van der Waals surface area contributed by atoms with Crippen LogP contribution in [-0.2, 0) is 9.53 Å². The van der Waals surface area contributed by atoms with Crippen molar-refractivity contribution in [3.05, 3.63) is 16.9 Å². The lowest BCUT2D eigenvalue weighted by atomic mass is 10.3. The molecule has 0 aliphatic carbocycles. The molecule has 0 fully saturated rings. The molecule has 4 nitrogen and oxygen atoms in total. The number of ether oxygens (including phenoxy) is 1. The molecule has 1 rings (SSSR count). The molecule has 0 radical (unpaired) electrons. The smallest absolute Gasteiger partial charge is 0.330 e. The molecule has 1 aromatic rings. The summed E-state index contributed by atoms with van der Waals surface area (Å²) >= 11 is 3.19. The molecule has 0 saturated carbocycles. The topological polar surface area (TPSA) is 44.1 Å². The van der Waals surface area contributed by atoms with Crippen molar-refractivity contribution in [2.24, 2.45) is 0 Å². The Morgan fingerprint density at radius 2 is 2.50 bits per heavy atom. The summed E-state index contributed by atoms with van der Waals surface area (Å²) in [5.41, 5.74) is 0. The Labute approximate surface area is 78.6 Å². The second-order valence-corrected chi connectivity index (χ2v) is 3.13. The number of carbonyl (C=O) groups excluding carboxylic acids is 1. The quantitative estimate of drug-likeness (QED) is 0.725. The zero-order valence-electron chi connectivity index (χ0n) is 6.82. The molecule has 0 aliphatic heterocycles. The summed E-state index contributed by atoms with van der Waals surface area (Å²) in [5.74, 6) is -0.300. The van der Waals surface area contributed by atoms with Crippen LogP contribution in [0, 0.1) is 0 Å². The molecule has 0 bridgehead atoms. The van der Waals surface area contributed by atoms with E-state index in [0.29, 0.717) is 4.60 Å². The molecule has 1 heterocycles. The van der Waals surface area contributed by atoms with Gasteiger partial charge in [0.25, 0.3) is 0 Å². The highest BCUT2D eigenvalue weighted by atomic mass is 79.9. The molecular formula is C7H9BrN2O2. The van der Waals surface area contributed by atoms with Gasteiger partial charge in [0, 0.05) is 6.20 Å². The average molecular weight is 233 g/mol. The van der Waals surface area contributed by atoms with Crippen molar-refractivity contribution in [3.63, 3.8) is 0 Å². The lowest BCUT2D eigenvalue weighted by Crippen LogP contribution is -2.18. The molecule has 5 heteroatoms. The van der Waals surface area contributed by atoms with Crippen LogP contribution in [0.2, 0.25) is 0 Å². The van der Waals surface area contributed by atoms with E-state index in [1.54, 1.807) is 19.2 Å². The number of aromatic nitrogens is 2. The number of hydrogen-bond acceptors (Lipinski definition) is 3. The maximum absolute atomic E-state index is 11.0. The number of nitrogens with zero attached hydrogens (tertiary/aromatic N) is 2. The van der Waals surface area contributed by atoms with Gasteiger partial charge in [-0.2, -0.15) is 5.10 Å². The summed E-state index contributed by atoms with van der Waals surface area (Å²) in [5, 5.41) is 4.01. The van der Waals surface area contributed by atoms with Crippen molar-refractivity contribution < 1.29 is 9.53 Å². The number of carbonyl (C=O) groups is 1. The van der Waals surface area contributed by atoms with Crippen LogP contribution in [0.3, 0.4) is 0 Å². The first kappa shape index (κ1) is 9.25. The Morgan fingerprint density at radius 1 is 1.83 bits per heavy atom. The maximum Gasteiger partial charge on any atom is 0.330 e. The van der Waals surface area contributed by atoms with Gasteiger partial charge < -0.3 is 4.74 Å². The lowest BCUT2D eigenvalue weighted by molar-refractivity contribution is -0.144. The van der Waals surface area contributed by atoms with Crippen molar-refractivity contribution in [2.75, 3.05) is 7.11 Å². The highest BCUT2D eigenvalue weighted by molar-refractivity contribution is 9.10. The first-order valence-corrected chi connectivity index (χ1v) is 4.23. The number of rotatable bonds is 2. The average Bonchev–Trinajstić information content (AvgIpc) is 2.49. The van der Waals surface area contributed by atoms with Gasteiger partial charge in [0.1, 0.15) is 10.6 Å². The van der Waals surface area contributed by atoms with Crippen LogP contribution in [0.5, 0.6) is 0 Å². The summed E-state index contributed by atoms with van der Waals surface area (Å²) in [4.78, 5) is 11.0. The minimum Gasteiger partial charge on any atom is -0.467 e. The minimum absolute atomic E-state index is 0.300.